The predicted molar refractivity (Wildman–Crippen MR) is 249 cm³/mol. The van der Waals surface area contributed by atoms with Crippen molar-refractivity contribution >= 4 is 11.0 Å². The zero-order valence-corrected chi connectivity index (χ0v) is 34.6. The van der Waals surface area contributed by atoms with E-state index in [1.807, 2.05) is 48.5 Å². The summed E-state index contributed by atoms with van der Waals surface area (Å²) < 4.78 is 152. The van der Waals surface area contributed by atoms with Crippen LogP contribution in [0.15, 0.2) is 176 Å². The molecule has 0 bridgehead atoms. The number of phenols is 1. The first-order valence-corrected chi connectivity index (χ1v) is 19.1. The Morgan fingerprint density at radius 1 is 0.525 bits per heavy atom. The van der Waals surface area contributed by atoms with Gasteiger partial charge in [0.15, 0.2) is 0 Å². The molecule has 0 aliphatic heterocycles. The average Bonchev–Trinajstić information content (AvgIpc) is 3.91. The minimum atomic E-state index is -3.54. The van der Waals surface area contributed by atoms with Crippen LogP contribution in [0, 0.1) is 6.07 Å². The van der Waals surface area contributed by atoms with Crippen molar-refractivity contribution in [2.45, 2.75) is 51.9 Å². The van der Waals surface area contributed by atoms with Crippen molar-refractivity contribution < 1.29 is 50.8 Å². The number of imidazole rings is 1. The minimum absolute atomic E-state index is 0. The van der Waals surface area contributed by atoms with E-state index in [1.165, 1.54) is 48.5 Å². The molecule has 9 aromatic rings. The first-order valence-electron chi connectivity index (χ1n) is 28.1. The van der Waals surface area contributed by atoms with Gasteiger partial charge < -0.3 is 5.11 Å². The Hall–Kier alpha value is -6.35. The van der Waals surface area contributed by atoms with Gasteiger partial charge in [-0.25, -0.2) is 4.98 Å². The van der Waals surface area contributed by atoms with Gasteiger partial charge in [-0.15, -0.1) is 23.8 Å². The summed E-state index contributed by atoms with van der Waals surface area (Å²) in [6.45, 7) is -20.9. The van der Waals surface area contributed by atoms with Crippen molar-refractivity contribution in [2.24, 2.45) is 0 Å². The molecule has 0 unspecified atom stereocenters. The molecular weight excluding hydrogens is 926 g/mol. The molecule has 0 amide bonds. The molecule has 7 aromatic carbocycles. The second-order valence-corrected chi connectivity index (χ2v) is 14.6. The molecule has 0 fully saturated rings. The van der Waals surface area contributed by atoms with E-state index in [9.17, 15) is 5.11 Å². The maximum absolute atomic E-state index is 11.5. The third-order valence-electron chi connectivity index (χ3n) is 10.5. The third-order valence-corrected chi connectivity index (χ3v) is 10.5. The predicted octanol–water partition coefficient (Wildman–Crippen LogP) is 14.5. The molecule has 304 valence electrons. The number of nitrogens with zero attached hydrogens (tertiary/aromatic N) is 3. The van der Waals surface area contributed by atoms with Gasteiger partial charge in [-0.05, 0) is 80.6 Å². The molecule has 5 heteroatoms. The molecule has 1 N–H and O–H groups in total. The first kappa shape index (κ1) is 24.8. The van der Waals surface area contributed by atoms with Gasteiger partial charge in [0.1, 0.15) is 11.6 Å². The van der Waals surface area contributed by atoms with E-state index in [-0.39, 0.29) is 43.8 Å². The summed E-state index contributed by atoms with van der Waals surface area (Å²) in [5.41, 5.74) is -0.275. The molecule has 0 aliphatic carbocycles. The number of phenolic OH excluding ortho intramolecular Hbond substituents is 1. The molecule has 0 atom stereocenters. The molecule has 2 aromatic heterocycles. The van der Waals surface area contributed by atoms with Gasteiger partial charge in [0.05, 0.1) is 22.3 Å². The summed E-state index contributed by atoms with van der Waals surface area (Å²) >= 11 is 0. The fraction of sp³-hybridized carbons (Fsp3) is 0.143. The van der Waals surface area contributed by atoms with Gasteiger partial charge in [0.25, 0.3) is 0 Å². The van der Waals surface area contributed by atoms with E-state index >= 15 is 0 Å². The van der Waals surface area contributed by atoms with Gasteiger partial charge in [-0.2, -0.15) is 0 Å². The fourth-order valence-electron chi connectivity index (χ4n) is 7.54. The normalized spacial score (nSPS) is 17.3. The van der Waals surface area contributed by atoms with Crippen molar-refractivity contribution in [3.8, 4) is 78.6 Å². The van der Waals surface area contributed by atoms with Crippen LogP contribution in [-0.2, 0) is 31.9 Å². The molecule has 9 rings (SSSR count). The SMILES string of the molecule is [2H]C([2H])([2H])C(c1ccc(-c2ccnc(-c3[c-]c(-c4cccc5c4nc(-c4ccccc4O)n5-c4ccc(C(C([2H])([2H])[2H])(C([2H])([2H])[2H])C([2H])([2H])[2H])cc4-c4ccccc4)cc(-c4ccccc4)c3)c2)cc1)(C([2H])([2H])[2H])C([2H])([2H])[2H].[Pt]. The topological polar surface area (TPSA) is 50.9 Å². The number of hydrogen-bond donors (Lipinski definition) is 1. The Bertz CT molecular complexity index is 3600. The molecule has 0 radical (unpaired) electrons. The maximum Gasteiger partial charge on any atom is 0.148 e. The monoisotopic (exact) mass is 991 g/mol. The second-order valence-electron chi connectivity index (χ2n) is 14.6. The van der Waals surface area contributed by atoms with Gasteiger partial charge in [-0.3, -0.25) is 9.55 Å². The fourth-order valence-corrected chi connectivity index (χ4v) is 7.54. The summed E-state index contributed by atoms with van der Waals surface area (Å²) in [5.74, 6) is 0.0919. The first-order chi connectivity index (χ1) is 36.4. The summed E-state index contributed by atoms with van der Waals surface area (Å²) in [6.07, 6.45) is 1.56. The van der Waals surface area contributed by atoms with Gasteiger partial charge in [0, 0.05) is 63.2 Å². The van der Waals surface area contributed by atoms with Crippen molar-refractivity contribution in [3.63, 3.8) is 0 Å². The summed E-state index contributed by atoms with van der Waals surface area (Å²) in [7, 11) is 0. The average molecular weight is 992 g/mol. The Morgan fingerprint density at radius 3 is 1.87 bits per heavy atom. The smallest absolute Gasteiger partial charge is 0.148 e. The van der Waals surface area contributed by atoms with Crippen LogP contribution in [0.4, 0.5) is 0 Å². The number of rotatable bonds is 7. The Morgan fingerprint density at radius 2 is 1.15 bits per heavy atom. The minimum Gasteiger partial charge on any atom is -0.507 e. The standard InChI is InChI=1S/C56H48N3O.Pt/c1-55(2,3)44-26-24-38(25-27-44)40-30-31-57-49(35-40)43-33-41(37-16-9-7-10-17-37)32-42(34-43)46-21-15-22-51-53(46)58-54(47-20-13-14-23-52(47)60)59(51)50-29-28-45(56(4,5)6)36-48(50)39-18-11-8-12-19-39;/h7-33,35-36,60H,1-6H3;/q-1;/i1D3,2D3,3D3,4D3,5D3,6D3;. The van der Waals surface area contributed by atoms with Crippen LogP contribution in [0.2, 0.25) is 0 Å². The van der Waals surface area contributed by atoms with E-state index in [1.54, 1.807) is 83.6 Å². The molecule has 0 spiro atoms. The van der Waals surface area contributed by atoms with Crippen LogP contribution in [0.25, 0.3) is 83.9 Å². The Balaban J connectivity index is 0.00000822. The van der Waals surface area contributed by atoms with Gasteiger partial charge in [-0.1, -0.05) is 179 Å². The van der Waals surface area contributed by atoms with Crippen LogP contribution in [0.5, 0.6) is 5.75 Å². The number of fused-ring (bicyclic) bond motifs is 1. The van der Waals surface area contributed by atoms with Crippen LogP contribution in [-0.4, -0.2) is 19.6 Å². The molecular formula is C56H48N3OPt-. The number of aromatic hydroxyl groups is 1. The second kappa shape index (κ2) is 16.6. The summed E-state index contributed by atoms with van der Waals surface area (Å²) in [6, 6.07) is 50.4. The van der Waals surface area contributed by atoms with Crippen molar-refractivity contribution in [1.82, 2.24) is 14.5 Å². The Labute approximate surface area is 399 Å². The van der Waals surface area contributed by atoms with Crippen LogP contribution in [0.1, 0.15) is 76.9 Å². The summed E-state index contributed by atoms with van der Waals surface area (Å²) in [4.78, 5) is 9.97. The van der Waals surface area contributed by atoms with Gasteiger partial charge >= 0.3 is 0 Å². The number of aromatic nitrogens is 3. The van der Waals surface area contributed by atoms with E-state index < -0.39 is 57.5 Å². The number of hydrogen-bond acceptors (Lipinski definition) is 3. The molecule has 0 aliphatic rings. The van der Waals surface area contributed by atoms with E-state index in [0.29, 0.717) is 61.4 Å². The molecule has 0 saturated carbocycles. The van der Waals surface area contributed by atoms with Crippen molar-refractivity contribution in [2.75, 3.05) is 0 Å². The van der Waals surface area contributed by atoms with E-state index in [2.05, 4.69) is 6.07 Å². The quantitative estimate of drug-likeness (QED) is 0.162. The zero-order valence-electron chi connectivity index (χ0n) is 50.3. The third kappa shape index (κ3) is 8.26. The molecule has 4 nitrogen and oxygen atoms in total. The van der Waals surface area contributed by atoms with Crippen molar-refractivity contribution in [3.05, 3.63) is 193 Å². The van der Waals surface area contributed by atoms with Crippen LogP contribution < -0.4 is 0 Å². The zero-order chi connectivity index (χ0) is 56.6. The van der Waals surface area contributed by atoms with Crippen molar-refractivity contribution in [1.29, 1.82) is 0 Å². The Kier molecular flexibility index (Phi) is 6.75. The van der Waals surface area contributed by atoms with Crippen LogP contribution in [0.3, 0.4) is 0 Å². The molecule has 2 heterocycles. The largest absolute Gasteiger partial charge is 0.507 e. The molecule has 61 heavy (non-hydrogen) atoms. The molecule has 0 saturated heterocycles. The number of pyridine rings is 1. The maximum atomic E-state index is 11.5. The van der Waals surface area contributed by atoms with Gasteiger partial charge in [0.2, 0.25) is 0 Å². The number of para-hydroxylation sites is 2. The van der Waals surface area contributed by atoms with E-state index in [0.717, 1.165) is 11.1 Å². The van der Waals surface area contributed by atoms with Crippen LogP contribution >= 0.6 is 0 Å². The summed E-state index contributed by atoms with van der Waals surface area (Å²) in [5, 5.41) is 11.5. The number of benzene rings is 7. The van der Waals surface area contributed by atoms with E-state index in [4.69, 9.17) is 34.6 Å².